The van der Waals surface area contributed by atoms with E-state index in [0.717, 1.165) is 25.2 Å². The van der Waals surface area contributed by atoms with Crippen LogP contribution in [-0.4, -0.2) is 34.4 Å². The number of imidazole rings is 1. The van der Waals surface area contributed by atoms with E-state index >= 15 is 0 Å². The number of nitrogens with one attached hydrogen (secondary N) is 2. The van der Waals surface area contributed by atoms with E-state index in [-0.39, 0.29) is 11.9 Å². The van der Waals surface area contributed by atoms with Crippen LogP contribution in [0.3, 0.4) is 0 Å². The fraction of sp³-hybridized carbons (Fsp3) is 0.333. The van der Waals surface area contributed by atoms with Crippen LogP contribution >= 0.6 is 0 Å². The van der Waals surface area contributed by atoms with Crippen molar-refractivity contribution in [3.05, 3.63) is 36.3 Å². The summed E-state index contributed by atoms with van der Waals surface area (Å²) in [5, 5.41) is 6.24. The number of carbonyl (C=O) groups is 1. The van der Waals surface area contributed by atoms with Gasteiger partial charge in [-0.05, 0) is 25.1 Å². The van der Waals surface area contributed by atoms with Gasteiger partial charge in [0.15, 0.2) is 0 Å². The molecule has 17 heavy (non-hydrogen) atoms. The highest BCUT2D eigenvalue weighted by molar-refractivity contribution is 5.94. The van der Waals surface area contributed by atoms with Gasteiger partial charge in [0.1, 0.15) is 5.65 Å². The molecule has 0 aromatic carbocycles. The first kappa shape index (κ1) is 10.3. The highest BCUT2D eigenvalue weighted by Crippen LogP contribution is 2.06. The lowest BCUT2D eigenvalue weighted by molar-refractivity contribution is 0.0939. The van der Waals surface area contributed by atoms with Gasteiger partial charge in [0.2, 0.25) is 0 Å². The van der Waals surface area contributed by atoms with Crippen LogP contribution in [0.15, 0.2) is 30.7 Å². The topological polar surface area (TPSA) is 58.4 Å². The molecule has 1 fully saturated rings. The Morgan fingerprint density at radius 1 is 1.53 bits per heavy atom. The van der Waals surface area contributed by atoms with Crippen LogP contribution in [0.25, 0.3) is 5.65 Å². The van der Waals surface area contributed by atoms with Gasteiger partial charge in [-0.1, -0.05) is 0 Å². The Kier molecular flexibility index (Phi) is 2.53. The molecule has 0 bridgehead atoms. The highest BCUT2D eigenvalue weighted by Gasteiger charge is 2.17. The van der Waals surface area contributed by atoms with Crippen LogP contribution in [0, 0.1) is 0 Å². The zero-order valence-electron chi connectivity index (χ0n) is 9.39. The first-order chi connectivity index (χ1) is 8.33. The lowest BCUT2D eigenvalue weighted by atomic mass is 10.2. The second-order valence-electron chi connectivity index (χ2n) is 4.27. The molecule has 5 nitrogen and oxygen atoms in total. The van der Waals surface area contributed by atoms with E-state index in [2.05, 4.69) is 15.6 Å². The molecule has 1 unspecified atom stereocenters. The number of carbonyl (C=O) groups excluding carboxylic acids is 1. The van der Waals surface area contributed by atoms with Crippen molar-refractivity contribution in [2.24, 2.45) is 0 Å². The summed E-state index contributed by atoms with van der Waals surface area (Å²) in [5.41, 5.74) is 1.52. The molecule has 0 spiro atoms. The van der Waals surface area contributed by atoms with Crippen molar-refractivity contribution in [1.82, 2.24) is 20.0 Å². The zero-order valence-corrected chi connectivity index (χ0v) is 9.39. The molecule has 1 saturated heterocycles. The third-order valence-corrected chi connectivity index (χ3v) is 3.05. The normalized spacial score (nSPS) is 19.6. The predicted molar refractivity (Wildman–Crippen MR) is 63.9 cm³/mol. The highest BCUT2D eigenvalue weighted by atomic mass is 16.1. The molecule has 1 aliphatic heterocycles. The summed E-state index contributed by atoms with van der Waals surface area (Å²) >= 11 is 0. The molecule has 0 saturated carbocycles. The molecule has 1 atom stereocenters. The minimum Gasteiger partial charge on any atom is -0.348 e. The van der Waals surface area contributed by atoms with Gasteiger partial charge < -0.3 is 15.0 Å². The van der Waals surface area contributed by atoms with E-state index < -0.39 is 0 Å². The van der Waals surface area contributed by atoms with Crippen molar-refractivity contribution in [1.29, 1.82) is 0 Å². The Hall–Kier alpha value is -1.88. The maximum atomic E-state index is 12.0. The van der Waals surface area contributed by atoms with Crippen LogP contribution in [0.1, 0.15) is 16.8 Å². The van der Waals surface area contributed by atoms with Crippen LogP contribution < -0.4 is 10.6 Å². The molecular formula is C12H14N4O. The number of hydrogen-bond acceptors (Lipinski definition) is 3. The minimum absolute atomic E-state index is 0.0192. The predicted octanol–water partition coefficient (Wildman–Crippen LogP) is 0.426. The Morgan fingerprint density at radius 3 is 3.29 bits per heavy atom. The number of amides is 1. The summed E-state index contributed by atoms with van der Waals surface area (Å²) in [4.78, 5) is 16.1. The molecule has 88 valence electrons. The second-order valence-corrected chi connectivity index (χ2v) is 4.27. The van der Waals surface area contributed by atoms with E-state index in [4.69, 9.17) is 0 Å². The molecule has 3 heterocycles. The number of pyridine rings is 1. The standard InChI is InChI=1S/C12H14N4O/c17-12(15-10-3-4-13-7-10)9-1-2-11-14-5-6-16(11)8-9/h1-2,5-6,8,10,13H,3-4,7H2,(H,15,17). The van der Waals surface area contributed by atoms with Gasteiger partial charge in [0, 0.05) is 31.2 Å². The second kappa shape index (κ2) is 4.18. The Balaban J connectivity index is 1.79. The Labute approximate surface area is 98.8 Å². The van der Waals surface area contributed by atoms with E-state index in [1.807, 2.05) is 16.7 Å². The molecule has 5 heteroatoms. The monoisotopic (exact) mass is 230 g/mol. The number of fused-ring (bicyclic) bond motifs is 1. The average Bonchev–Trinajstić information content (AvgIpc) is 2.97. The molecule has 2 N–H and O–H groups in total. The summed E-state index contributed by atoms with van der Waals surface area (Å²) in [7, 11) is 0. The van der Waals surface area contributed by atoms with Gasteiger partial charge >= 0.3 is 0 Å². The number of rotatable bonds is 2. The van der Waals surface area contributed by atoms with E-state index in [1.54, 1.807) is 18.5 Å². The molecule has 0 radical (unpaired) electrons. The van der Waals surface area contributed by atoms with Gasteiger partial charge in [-0.25, -0.2) is 4.98 Å². The Morgan fingerprint density at radius 2 is 2.47 bits per heavy atom. The van der Waals surface area contributed by atoms with Crippen molar-refractivity contribution in [2.45, 2.75) is 12.5 Å². The van der Waals surface area contributed by atoms with E-state index in [9.17, 15) is 4.79 Å². The van der Waals surface area contributed by atoms with Gasteiger partial charge in [0.25, 0.3) is 5.91 Å². The van der Waals surface area contributed by atoms with Crippen LogP contribution in [-0.2, 0) is 0 Å². The summed E-state index contributed by atoms with van der Waals surface area (Å²) in [6.07, 6.45) is 6.36. The quantitative estimate of drug-likeness (QED) is 0.786. The Bertz CT molecular complexity index is 542. The molecule has 1 aliphatic rings. The van der Waals surface area contributed by atoms with E-state index in [0.29, 0.717) is 5.56 Å². The van der Waals surface area contributed by atoms with Crippen LogP contribution in [0.2, 0.25) is 0 Å². The average molecular weight is 230 g/mol. The van der Waals surface area contributed by atoms with Gasteiger partial charge in [-0.15, -0.1) is 0 Å². The third kappa shape index (κ3) is 2.01. The van der Waals surface area contributed by atoms with Crippen LogP contribution in [0.4, 0.5) is 0 Å². The summed E-state index contributed by atoms with van der Waals surface area (Å²) in [5.74, 6) is -0.0192. The number of nitrogens with zero attached hydrogens (tertiary/aromatic N) is 2. The van der Waals surface area contributed by atoms with Gasteiger partial charge in [-0.3, -0.25) is 4.79 Å². The van der Waals surface area contributed by atoms with Crippen molar-refractivity contribution in [3.8, 4) is 0 Å². The number of hydrogen-bond donors (Lipinski definition) is 2. The lowest BCUT2D eigenvalue weighted by Gasteiger charge is -2.11. The number of aromatic nitrogens is 2. The van der Waals surface area contributed by atoms with Crippen molar-refractivity contribution in [2.75, 3.05) is 13.1 Å². The zero-order chi connectivity index (χ0) is 11.7. The van der Waals surface area contributed by atoms with Crippen molar-refractivity contribution < 1.29 is 4.79 Å². The molecule has 3 rings (SSSR count). The smallest absolute Gasteiger partial charge is 0.253 e. The summed E-state index contributed by atoms with van der Waals surface area (Å²) in [6, 6.07) is 3.91. The fourth-order valence-corrected chi connectivity index (χ4v) is 2.10. The van der Waals surface area contributed by atoms with Gasteiger partial charge in [-0.2, -0.15) is 0 Å². The van der Waals surface area contributed by atoms with Crippen molar-refractivity contribution in [3.63, 3.8) is 0 Å². The summed E-state index contributed by atoms with van der Waals surface area (Å²) in [6.45, 7) is 1.84. The van der Waals surface area contributed by atoms with Crippen LogP contribution in [0.5, 0.6) is 0 Å². The molecule has 2 aromatic heterocycles. The molecule has 2 aromatic rings. The maximum absolute atomic E-state index is 12.0. The largest absolute Gasteiger partial charge is 0.348 e. The molecular weight excluding hydrogens is 216 g/mol. The third-order valence-electron chi connectivity index (χ3n) is 3.05. The van der Waals surface area contributed by atoms with E-state index in [1.165, 1.54) is 0 Å². The summed E-state index contributed by atoms with van der Waals surface area (Å²) < 4.78 is 1.85. The van der Waals surface area contributed by atoms with Crippen molar-refractivity contribution >= 4 is 11.6 Å². The maximum Gasteiger partial charge on any atom is 0.253 e. The molecule has 0 aliphatic carbocycles. The first-order valence-corrected chi connectivity index (χ1v) is 5.77. The van der Waals surface area contributed by atoms with Gasteiger partial charge in [0.05, 0.1) is 5.56 Å². The fourth-order valence-electron chi connectivity index (χ4n) is 2.10. The first-order valence-electron chi connectivity index (χ1n) is 5.77. The SMILES string of the molecule is O=C(NC1CCNC1)c1ccc2nccn2c1. The molecule has 1 amide bonds. The minimum atomic E-state index is -0.0192. The lowest BCUT2D eigenvalue weighted by Crippen LogP contribution is -2.36.